The molecular formula is C19H34Cl2N4. The smallest absolute Gasteiger partial charge is 0.129 e. The van der Waals surface area contributed by atoms with Crippen LogP contribution in [0.25, 0.3) is 0 Å². The molecule has 0 bridgehead atoms. The van der Waals surface area contributed by atoms with Crippen molar-refractivity contribution in [1.82, 2.24) is 15.2 Å². The van der Waals surface area contributed by atoms with Crippen LogP contribution in [0.15, 0.2) is 12.1 Å². The van der Waals surface area contributed by atoms with Crippen molar-refractivity contribution in [3.63, 3.8) is 0 Å². The summed E-state index contributed by atoms with van der Waals surface area (Å²) >= 11 is 0. The van der Waals surface area contributed by atoms with Gasteiger partial charge in [-0.1, -0.05) is 12.5 Å². The number of unbranched alkanes of at least 4 members (excludes halogenated alkanes) is 1. The maximum Gasteiger partial charge on any atom is 0.129 e. The molecule has 1 aromatic heterocycles. The fourth-order valence-corrected chi connectivity index (χ4v) is 3.80. The van der Waals surface area contributed by atoms with Gasteiger partial charge in [0, 0.05) is 30.9 Å². The number of hydrogen-bond donors (Lipinski definition) is 2. The zero-order valence-corrected chi connectivity index (χ0v) is 17.2. The summed E-state index contributed by atoms with van der Waals surface area (Å²) in [5, 5.41) is 6.90. The molecule has 0 radical (unpaired) electrons. The molecule has 4 nitrogen and oxygen atoms in total. The molecule has 1 unspecified atom stereocenters. The topological polar surface area (TPSA) is 40.2 Å². The summed E-state index contributed by atoms with van der Waals surface area (Å²) in [6.07, 6.45) is 8.63. The predicted octanol–water partition coefficient (Wildman–Crippen LogP) is 3.68. The third-order valence-corrected chi connectivity index (χ3v) is 5.56. The lowest BCUT2D eigenvalue weighted by molar-refractivity contribution is 0.184. The minimum absolute atomic E-state index is 0. The van der Waals surface area contributed by atoms with Crippen LogP contribution in [-0.2, 0) is 12.8 Å². The number of rotatable bonds is 7. The molecule has 2 aliphatic rings. The second-order valence-electron chi connectivity index (χ2n) is 7.25. The molecular weight excluding hydrogens is 355 g/mol. The molecule has 3 heterocycles. The van der Waals surface area contributed by atoms with Gasteiger partial charge in [-0.2, -0.15) is 0 Å². The molecule has 0 aromatic carbocycles. The molecule has 1 saturated heterocycles. The minimum atomic E-state index is 0. The number of likely N-dealkylation sites (N-methyl/N-ethyl adjacent to an activating group) is 1. The molecule has 1 aromatic rings. The Labute approximate surface area is 165 Å². The summed E-state index contributed by atoms with van der Waals surface area (Å²) in [5.74, 6) is 1.13. The van der Waals surface area contributed by atoms with Crippen LogP contribution in [0.1, 0.15) is 50.3 Å². The predicted molar refractivity (Wildman–Crippen MR) is 112 cm³/mol. The Balaban J connectivity index is 0.00000156. The lowest BCUT2D eigenvalue weighted by Gasteiger charge is -2.30. The summed E-state index contributed by atoms with van der Waals surface area (Å²) in [7, 11) is 2.29. The zero-order valence-electron chi connectivity index (χ0n) is 15.6. The first kappa shape index (κ1) is 22.5. The number of aryl methyl sites for hydroxylation is 2. The monoisotopic (exact) mass is 388 g/mol. The molecule has 2 atom stereocenters. The standard InChI is InChI=1S/C19H32N4.2ClH/c1-15(23(2)18-11-13-20-14-18)6-3-4-8-17-10-9-16-7-5-12-21-19(16)22-17;;/h9-10,15,18,20H,3-8,11-14H2,1-2H3,(H,21,22);2*1H/t15?,18-;;/m1../s1. The van der Waals surface area contributed by atoms with E-state index in [1.807, 2.05) is 0 Å². The van der Waals surface area contributed by atoms with Crippen LogP contribution in [0.2, 0.25) is 0 Å². The number of halogens is 2. The van der Waals surface area contributed by atoms with Crippen molar-refractivity contribution in [3.8, 4) is 0 Å². The first-order chi connectivity index (χ1) is 11.2. The summed E-state index contributed by atoms with van der Waals surface area (Å²) < 4.78 is 0. The summed E-state index contributed by atoms with van der Waals surface area (Å²) in [6.45, 7) is 5.79. The number of fused-ring (bicyclic) bond motifs is 1. The van der Waals surface area contributed by atoms with E-state index >= 15 is 0 Å². The molecule has 6 heteroatoms. The van der Waals surface area contributed by atoms with Crippen LogP contribution < -0.4 is 10.6 Å². The van der Waals surface area contributed by atoms with Gasteiger partial charge < -0.3 is 10.6 Å². The summed E-state index contributed by atoms with van der Waals surface area (Å²) in [4.78, 5) is 7.37. The van der Waals surface area contributed by atoms with Gasteiger partial charge in [0.2, 0.25) is 0 Å². The Hall–Kier alpha value is -0.550. The van der Waals surface area contributed by atoms with Gasteiger partial charge in [0.1, 0.15) is 5.82 Å². The Morgan fingerprint density at radius 2 is 2.08 bits per heavy atom. The van der Waals surface area contributed by atoms with Crippen molar-refractivity contribution in [1.29, 1.82) is 0 Å². The minimum Gasteiger partial charge on any atom is -0.370 e. The van der Waals surface area contributed by atoms with Crippen molar-refractivity contribution in [2.75, 3.05) is 32.0 Å². The molecule has 1 fully saturated rings. The number of pyridine rings is 1. The highest BCUT2D eigenvalue weighted by Gasteiger charge is 2.22. The molecule has 0 amide bonds. The Morgan fingerprint density at radius 1 is 1.24 bits per heavy atom. The van der Waals surface area contributed by atoms with Gasteiger partial charge in [-0.25, -0.2) is 4.98 Å². The highest BCUT2D eigenvalue weighted by molar-refractivity contribution is 5.85. The van der Waals surface area contributed by atoms with E-state index in [2.05, 4.69) is 41.6 Å². The second-order valence-corrected chi connectivity index (χ2v) is 7.25. The van der Waals surface area contributed by atoms with Crippen LogP contribution in [-0.4, -0.2) is 48.6 Å². The van der Waals surface area contributed by atoms with Crippen LogP contribution >= 0.6 is 24.8 Å². The molecule has 0 aliphatic carbocycles. The van der Waals surface area contributed by atoms with Gasteiger partial charge in [0.15, 0.2) is 0 Å². The van der Waals surface area contributed by atoms with Crippen molar-refractivity contribution in [3.05, 3.63) is 23.4 Å². The summed E-state index contributed by atoms with van der Waals surface area (Å²) in [6, 6.07) is 5.91. The maximum atomic E-state index is 4.80. The fraction of sp³-hybridized carbons (Fsp3) is 0.737. The molecule has 2 aliphatic heterocycles. The quantitative estimate of drug-likeness (QED) is 0.698. The normalized spacial score (nSPS) is 20.2. The van der Waals surface area contributed by atoms with Gasteiger partial charge in [-0.05, 0) is 70.7 Å². The number of aromatic nitrogens is 1. The van der Waals surface area contributed by atoms with Crippen LogP contribution in [0.3, 0.4) is 0 Å². The first-order valence-electron chi connectivity index (χ1n) is 9.39. The Bertz CT molecular complexity index is 506. The molecule has 144 valence electrons. The number of anilines is 1. The van der Waals surface area contributed by atoms with Crippen molar-refractivity contribution < 1.29 is 0 Å². The van der Waals surface area contributed by atoms with Crippen molar-refractivity contribution >= 4 is 30.6 Å². The lowest BCUT2D eigenvalue weighted by atomic mass is 10.0. The third kappa shape index (κ3) is 6.28. The molecule has 25 heavy (non-hydrogen) atoms. The number of hydrogen-bond acceptors (Lipinski definition) is 4. The van der Waals surface area contributed by atoms with Crippen LogP contribution in [0.5, 0.6) is 0 Å². The molecule has 2 N–H and O–H groups in total. The fourth-order valence-electron chi connectivity index (χ4n) is 3.80. The maximum absolute atomic E-state index is 4.80. The summed E-state index contributed by atoms with van der Waals surface area (Å²) in [5.41, 5.74) is 2.64. The lowest BCUT2D eigenvalue weighted by Crippen LogP contribution is -2.39. The van der Waals surface area contributed by atoms with E-state index in [4.69, 9.17) is 4.98 Å². The van der Waals surface area contributed by atoms with Gasteiger partial charge in [-0.15, -0.1) is 24.8 Å². The Kier molecular flexibility index (Phi) is 10.1. The number of nitrogens with zero attached hydrogens (tertiary/aromatic N) is 2. The van der Waals surface area contributed by atoms with Gasteiger partial charge >= 0.3 is 0 Å². The van der Waals surface area contributed by atoms with Gasteiger partial charge in [-0.3, -0.25) is 4.90 Å². The van der Waals surface area contributed by atoms with E-state index in [9.17, 15) is 0 Å². The molecule has 0 saturated carbocycles. The van der Waals surface area contributed by atoms with E-state index in [1.165, 1.54) is 56.3 Å². The highest BCUT2D eigenvalue weighted by atomic mass is 35.5. The second kappa shape index (κ2) is 11.2. The largest absolute Gasteiger partial charge is 0.370 e. The van der Waals surface area contributed by atoms with Crippen LogP contribution in [0.4, 0.5) is 5.82 Å². The van der Waals surface area contributed by atoms with Crippen molar-refractivity contribution in [2.24, 2.45) is 0 Å². The van der Waals surface area contributed by atoms with E-state index < -0.39 is 0 Å². The van der Waals surface area contributed by atoms with Gasteiger partial charge in [0.05, 0.1) is 0 Å². The van der Waals surface area contributed by atoms with E-state index in [-0.39, 0.29) is 24.8 Å². The van der Waals surface area contributed by atoms with E-state index in [1.54, 1.807) is 0 Å². The first-order valence-corrected chi connectivity index (χ1v) is 9.39. The average molecular weight is 389 g/mol. The average Bonchev–Trinajstić information content (AvgIpc) is 3.12. The van der Waals surface area contributed by atoms with E-state index in [0.29, 0.717) is 6.04 Å². The SMILES string of the molecule is CC(CCCCc1ccc2c(n1)NCCC2)N(C)[C@@H]1CCNC1.Cl.Cl. The number of nitrogens with one attached hydrogen (secondary N) is 2. The van der Waals surface area contributed by atoms with Crippen molar-refractivity contribution in [2.45, 2.75) is 64.0 Å². The molecule has 3 rings (SSSR count). The van der Waals surface area contributed by atoms with Gasteiger partial charge in [0.25, 0.3) is 0 Å². The third-order valence-electron chi connectivity index (χ3n) is 5.56. The zero-order chi connectivity index (χ0) is 16.1. The Morgan fingerprint density at radius 3 is 2.84 bits per heavy atom. The van der Waals surface area contributed by atoms with Crippen LogP contribution in [0, 0.1) is 0 Å². The highest BCUT2D eigenvalue weighted by Crippen LogP contribution is 2.21. The molecule has 0 spiro atoms. The van der Waals surface area contributed by atoms with E-state index in [0.717, 1.165) is 31.4 Å².